The van der Waals surface area contributed by atoms with E-state index in [0.29, 0.717) is 5.54 Å². The average molecular weight is 219 g/mol. The Morgan fingerprint density at radius 3 is 2.62 bits per heavy atom. The summed E-state index contributed by atoms with van der Waals surface area (Å²) in [6, 6.07) is 4.27. The number of nitrogens with zero attached hydrogens (tertiary/aromatic N) is 2. The zero-order chi connectivity index (χ0) is 11.6. The van der Waals surface area contributed by atoms with Crippen LogP contribution in [0.2, 0.25) is 0 Å². The third-order valence-corrected chi connectivity index (χ3v) is 3.72. The molecule has 2 heterocycles. The molecular formula is C13H21N3. The fourth-order valence-corrected chi connectivity index (χ4v) is 2.24. The van der Waals surface area contributed by atoms with Crippen molar-refractivity contribution in [2.45, 2.75) is 32.2 Å². The minimum atomic E-state index is 0.318. The second kappa shape index (κ2) is 4.42. The highest BCUT2D eigenvalue weighted by molar-refractivity contribution is 5.46. The molecule has 3 nitrogen and oxygen atoms in total. The van der Waals surface area contributed by atoms with Crippen LogP contribution in [0.4, 0.5) is 5.69 Å². The van der Waals surface area contributed by atoms with E-state index in [2.05, 4.69) is 41.3 Å². The molecule has 1 N–H and O–H groups in total. The minimum absolute atomic E-state index is 0.318. The molecule has 2 rings (SSSR count). The molecule has 1 saturated heterocycles. The first-order valence-corrected chi connectivity index (χ1v) is 5.99. The number of aryl methyl sites for hydroxylation is 1. The zero-order valence-corrected chi connectivity index (χ0v) is 10.5. The first-order chi connectivity index (χ1) is 7.63. The highest BCUT2D eigenvalue weighted by atomic mass is 15.2. The van der Waals surface area contributed by atoms with Crippen molar-refractivity contribution in [2.24, 2.45) is 0 Å². The predicted octanol–water partition coefficient (Wildman–Crippen LogP) is 1.97. The number of pyridine rings is 1. The van der Waals surface area contributed by atoms with E-state index in [-0.39, 0.29) is 0 Å². The third kappa shape index (κ3) is 2.35. The van der Waals surface area contributed by atoms with E-state index >= 15 is 0 Å². The van der Waals surface area contributed by atoms with Crippen molar-refractivity contribution in [3.63, 3.8) is 0 Å². The number of aromatic nitrogens is 1. The summed E-state index contributed by atoms with van der Waals surface area (Å²) in [7, 11) is 2.06. The van der Waals surface area contributed by atoms with Crippen LogP contribution < -0.4 is 10.2 Å². The number of nitrogens with one attached hydrogen (secondary N) is 1. The maximum atomic E-state index is 4.24. The number of rotatable bonds is 2. The van der Waals surface area contributed by atoms with E-state index in [9.17, 15) is 0 Å². The van der Waals surface area contributed by atoms with Crippen molar-refractivity contribution < 1.29 is 0 Å². The lowest BCUT2D eigenvalue weighted by atomic mass is 9.90. The van der Waals surface area contributed by atoms with Gasteiger partial charge in [-0.15, -0.1) is 0 Å². The van der Waals surface area contributed by atoms with E-state index in [1.165, 1.54) is 18.5 Å². The molecule has 0 bridgehead atoms. The Balaban J connectivity index is 2.04. The van der Waals surface area contributed by atoms with Gasteiger partial charge in [-0.05, 0) is 45.9 Å². The van der Waals surface area contributed by atoms with Crippen molar-refractivity contribution in [3.05, 3.63) is 24.0 Å². The number of piperidine rings is 1. The predicted molar refractivity (Wildman–Crippen MR) is 67.9 cm³/mol. The maximum absolute atomic E-state index is 4.24. The van der Waals surface area contributed by atoms with Gasteiger partial charge in [-0.2, -0.15) is 0 Å². The Kier molecular flexibility index (Phi) is 3.15. The van der Waals surface area contributed by atoms with E-state index in [4.69, 9.17) is 0 Å². The van der Waals surface area contributed by atoms with Crippen molar-refractivity contribution in [2.75, 3.05) is 25.0 Å². The SMILES string of the molecule is CNC1(C)CCN(c2ccnc(C)c2)CC1. The van der Waals surface area contributed by atoms with E-state index in [1.807, 2.05) is 13.1 Å². The monoisotopic (exact) mass is 219 g/mol. The summed E-state index contributed by atoms with van der Waals surface area (Å²) in [4.78, 5) is 6.69. The Labute approximate surface area is 97.9 Å². The lowest BCUT2D eigenvalue weighted by molar-refractivity contribution is 0.305. The first-order valence-electron chi connectivity index (χ1n) is 5.99. The van der Waals surface area contributed by atoms with Gasteiger partial charge in [0.25, 0.3) is 0 Å². The van der Waals surface area contributed by atoms with Crippen LogP contribution >= 0.6 is 0 Å². The van der Waals surface area contributed by atoms with Gasteiger partial charge in [0, 0.05) is 36.2 Å². The lowest BCUT2D eigenvalue weighted by Gasteiger charge is -2.40. The summed E-state index contributed by atoms with van der Waals surface area (Å²) < 4.78 is 0. The first kappa shape index (κ1) is 11.4. The van der Waals surface area contributed by atoms with E-state index in [1.54, 1.807) is 0 Å². The Hall–Kier alpha value is -1.09. The lowest BCUT2D eigenvalue weighted by Crippen LogP contribution is -2.50. The molecule has 0 spiro atoms. The summed E-state index contributed by atoms with van der Waals surface area (Å²) in [6.07, 6.45) is 4.30. The molecule has 88 valence electrons. The topological polar surface area (TPSA) is 28.2 Å². The van der Waals surface area contributed by atoms with Crippen molar-refractivity contribution >= 4 is 5.69 Å². The molecule has 0 radical (unpaired) electrons. The van der Waals surface area contributed by atoms with Crippen LogP contribution in [-0.2, 0) is 0 Å². The van der Waals surface area contributed by atoms with Gasteiger partial charge in [0.1, 0.15) is 0 Å². The van der Waals surface area contributed by atoms with Crippen LogP contribution in [0.5, 0.6) is 0 Å². The van der Waals surface area contributed by atoms with E-state index < -0.39 is 0 Å². The van der Waals surface area contributed by atoms with Crippen molar-refractivity contribution in [3.8, 4) is 0 Å². The molecule has 0 saturated carbocycles. The highest BCUT2D eigenvalue weighted by Crippen LogP contribution is 2.25. The van der Waals surface area contributed by atoms with Crippen molar-refractivity contribution in [1.82, 2.24) is 10.3 Å². The Morgan fingerprint density at radius 1 is 1.38 bits per heavy atom. The normalized spacial score (nSPS) is 19.8. The van der Waals surface area contributed by atoms with Gasteiger partial charge in [-0.3, -0.25) is 4.98 Å². The summed E-state index contributed by atoms with van der Waals surface area (Å²) in [5.41, 5.74) is 2.73. The molecule has 1 fully saturated rings. The quantitative estimate of drug-likeness (QED) is 0.824. The molecule has 1 aliphatic rings. The molecule has 0 aromatic carbocycles. The van der Waals surface area contributed by atoms with Gasteiger partial charge in [0.05, 0.1) is 0 Å². The van der Waals surface area contributed by atoms with Gasteiger partial charge >= 0.3 is 0 Å². The van der Waals surface area contributed by atoms with Crippen LogP contribution in [0.3, 0.4) is 0 Å². The van der Waals surface area contributed by atoms with Gasteiger partial charge in [-0.25, -0.2) is 0 Å². The molecule has 1 aromatic heterocycles. The third-order valence-electron chi connectivity index (χ3n) is 3.72. The average Bonchev–Trinajstić information content (AvgIpc) is 2.30. The number of hydrogen-bond donors (Lipinski definition) is 1. The van der Waals surface area contributed by atoms with Crippen LogP contribution in [0, 0.1) is 6.92 Å². The number of anilines is 1. The smallest absolute Gasteiger partial charge is 0.0399 e. The molecule has 1 aliphatic heterocycles. The highest BCUT2D eigenvalue weighted by Gasteiger charge is 2.28. The second-order valence-electron chi connectivity index (χ2n) is 4.95. The molecule has 3 heteroatoms. The maximum Gasteiger partial charge on any atom is 0.0399 e. The van der Waals surface area contributed by atoms with Crippen LogP contribution in [0.25, 0.3) is 0 Å². The standard InChI is InChI=1S/C13H21N3/c1-11-10-12(4-7-15-11)16-8-5-13(2,14-3)6-9-16/h4,7,10,14H,5-6,8-9H2,1-3H3. The Morgan fingerprint density at radius 2 is 2.06 bits per heavy atom. The summed E-state index contributed by atoms with van der Waals surface area (Å²) in [5, 5.41) is 3.42. The van der Waals surface area contributed by atoms with Crippen molar-refractivity contribution in [1.29, 1.82) is 0 Å². The van der Waals surface area contributed by atoms with Gasteiger partial charge in [0.15, 0.2) is 0 Å². The zero-order valence-electron chi connectivity index (χ0n) is 10.5. The summed E-state index contributed by atoms with van der Waals surface area (Å²) in [5.74, 6) is 0. The van der Waals surface area contributed by atoms with Gasteiger partial charge in [-0.1, -0.05) is 0 Å². The molecular weight excluding hydrogens is 198 g/mol. The van der Waals surface area contributed by atoms with Gasteiger partial charge in [0.2, 0.25) is 0 Å². The minimum Gasteiger partial charge on any atom is -0.371 e. The van der Waals surface area contributed by atoms with E-state index in [0.717, 1.165) is 18.8 Å². The van der Waals surface area contributed by atoms with Crippen LogP contribution in [-0.4, -0.2) is 30.7 Å². The molecule has 0 amide bonds. The second-order valence-corrected chi connectivity index (χ2v) is 4.95. The molecule has 16 heavy (non-hydrogen) atoms. The summed E-state index contributed by atoms with van der Waals surface area (Å²) in [6.45, 7) is 6.61. The number of hydrogen-bond acceptors (Lipinski definition) is 3. The fourth-order valence-electron chi connectivity index (χ4n) is 2.24. The largest absolute Gasteiger partial charge is 0.371 e. The van der Waals surface area contributed by atoms with Crippen LogP contribution in [0.15, 0.2) is 18.3 Å². The molecule has 0 aliphatic carbocycles. The Bertz CT molecular complexity index is 354. The molecule has 1 aromatic rings. The molecule has 0 atom stereocenters. The van der Waals surface area contributed by atoms with Gasteiger partial charge < -0.3 is 10.2 Å². The van der Waals surface area contributed by atoms with Crippen LogP contribution in [0.1, 0.15) is 25.5 Å². The fraction of sp³-hybridized carbons (Fsp3) is 0.615. The summed E-state index contributed by atoms with van der Waals surface area (Å²) >= 11 is 0. The molecule has 0 unspecified atom stereocenters.